The highest BCUT2D eigenvalue weighted by atomic mass is 35.5. The first kappa shape index (κ1) is 15.9. The van der Waals surface area contributed by atoms with Gasteiger partial charge in [-0.2, -0.15) is 0 Å². The van der Waals surface area contributed by atoms with E-state index >= 15 is 0 Å². The van der Waals surface area contributed by atoms with Gasteiger partial charge in [-0.15, -0.1) is 34.5 Å². The van der Waals surface area contributed by atoms with E-state index in [0.29, 0.717) is 6.42 Å². The fourth-order valence-corrected chi connectivity index (χ4v) is 4.38. The minimum absolute atomic E-state index is 0.166. The third kappa shape index (κ3) is 2.50. The highest BCUT2D eigenvalue weighted by molar-refractivity contribution is 7.21. The number of halogens is 2. The Morgan fingerprint density at radius 1 is 1.17 bits per heavy atom. The lowest BCUT2D eigenvalue weighted by Gasteiger charge is -2.14. The van der Waals surface area contributed by atoms with Crippen LogP contribution in [0, 0.1) is 5.41 Å². The van der Waals surface area contributed by atoms with Crippen LogP contribution in [0.25, 0.3) is 20.8 Å². The van der Waals surface area contributed by atoms with E-state index in [4.69, 9.17) is 23.2 Å². The predicted octanol–water partition coefficient (Wildman–Crippen LogP) is 5.49. The third-order valence-electron chi connectivity index (χ3n) is 4.46. The van der Waals surface area contributed by atoms with Gasteiger partial charge in [0.2, 0.25) is 5.91 Å². The summed E-state index contributed by atoms with van der Waals surface area (Å²) in [6.07, 6.45) is 0.457. The number of hydrogen-bond acceptors (Lipinski definition) is 3. The van der Waals surface area contributed by atoms with Gasteiger partial charge >= 0.3 is 0 Å². The van der Waals surface area contributed by atoms with E-state index in [0.717, 1.165) is 26.5 Å². The molecule has 1 heterocycles. The van der Waals surface area contributed by atoms with Gasteiger partial charge in [0.15, 0.2) is 0 Å². The Morgan fingerprint density at radius 2 is 1.83 bits per heavy atom. The van der Waals surface area contributed by atoms with Crippen LogP contribution in [0.15, 0.2) is 48.5 Å². The molecule has 0 radical (unpaired) electrons. The lowest BCUT2D eigenvalue weighted by Crippen LogP contribution is -2.26. The van der Waals surface area contributed by atoms with Crippen LogP contribution in [-0.2, 0) is 4.79 Å². The molecule has 1 atom stereocenters. The molecule has 1 aliphatic carbocycles. The second-order valence-corrected chi connectivity index (χ2v) is 8.71. The predicted molar refractivity (Wildman–Crippen MR) is 101 cm³/mol. The summed E-state index contributed by atoms with van der Waals surface area (Å²) in [5.74, 6) is -0.166. The normalized spacial score (nSPS) is 21.6. The second kappa shape index (κ2) is 5.45. The van der Waals surface area contributed by atoms with Crippen LogP contribution in [0.2, 0.25) is 0 Å². The molecule has 6 heteroatoms. The number of nitrogens with zero attached hydrogens (tertiary/aromatic N) is 1. The molecule has 24 heavy (non-hydrogen) atoms. The number of carbonyl (C=O) groups excluding carboxylic acids is 1. The van der Waals surface area contributed by atoms with Crippen molar-refractivity contribution in [3.05, 3.63) is 48.5 Å². The van der Waals surface area contributed by atoms with Crippen molar-refractivity contribution < 1.29 is 4.79 Å². The second-order valence-electron chi connectivity index (χ2n) is 6.20. The molecule has 0 unspecified atom stereocenters. The minimum Gasteiger partial charge on any atom is -0.325 e. The Morgan fingerprint density at radius 3 is 2.54 bits per heavy atom. The van der Waals surface area contributed by atoms with Gasteiger partial charge in [-0.05, 0) is 37.6 Å². The number of aromatic nitrogens is 1. The number of rotatable bonds is 3. The zero-order valence-corrected chi connectivity index (χ0v) is 15.2. The maximum Gasteiger partial charge on any atom is 0.233 e. The van der Waals surface area contributed by atoms with Gasteiger partial charge in [-0.25, -0.2) is 4.98 Å². The maximum absolute atomic E-state index is 12.6. The Hall–Kier alpha value is -1.62. The number of fused-ring (bicyclic) bond motifs is 1. The summed E-state index contributed by atoms with van der Waals surface area (Å²) in [6, 6.07) is 15.6. The molecule has 3 aromatic rings. The minimum atomic E-state index is -0.984. The van der Waals surface area contributed by atoms with Gasteiger partial charge in [0.05, 0.1) is 21.3 Å². The highest BCUT2D eigenvalue weighted by Gasteiger charge is 2.67. The Labute approximate surface area is 153 Å². The van der Waals surface area contributed by atoms with Gasteiger partial charge < -0.3 is 5.32 Å². The molecule has 4 rings (SSSR count). The molecule has 0 saturated heterocycles. The van der Waals surface area contributed by atoms with Crippen molar-refractivity contribution in [2.24, 2.45) is 5.41 Å². The summed E-state index contributed by atoms with van der Waals surface area (Å²) in [5, 5.41) is 3.84. The van der Waals surface area contributed by atoms with Gasteiger partial charge in [0.1, 0.15) is 9.34 Å². The average Bonchev–Trinajstić information content (AvgIpc) is 2.92. The lowest BCUT2D eigenvalue weighted by atomic mass is 10.1. The number of hydrogen-bond donors (Lipinski definition) is 1. The summed E-state index contributed by atoms with van der Waals surface area (Å²) < 4.78 is 0.130. The number of benzene rings is 2. The Balaban J connectivity index is 1.69. The highest BCUT2D eigenvalue weighted by Crippen LogP contribution is 2.64. The fraction of sp³-hybridized carbons (Fsp3) is 0.222. The molecule has 2 aromatic carbocycles. The molecule has 1 aliphatic rings. The first-order chi connectivity index (χ1) is 11.4. The Kier molecular flexibility index (Phi) is 3.60. The first-order valence-corrected chi connectivity index (χ1v) is 9.12. The molecule has 0 bridgehead atoms. The maximum atomic E-state index is 12.6. The molecule has 1 amide bonds. The van der Waals surface area contributed by atoms with Crippen molar-refractivity contribution in [2.45, 2.75) is 17.7 Å². The van der Waals surface area contributed by atoms with Gasteiger partial charge in [-0.3, -0.25) is 4.79 Å². The quantitative estimate of drug-likeness (QED) is 0.614. The van der Waals surface area contributed by atoms with Crippen molar-refractivity contribution in [3.8, 4) is 10.6 Å². The van der Waals surface area contributed by atoms with Crippen LogP contribution in [0.1, 0.15) is 13.3 Å². The molecule has 1 N–H and O–H groups in total. The number of nitrogens with one attached hydrogen (secondary N) is 1. The molecule has 1 aromatic heterocycles. The number of amides is 1. The van der Waals surface area contributed by atoms with Crippen LogP contribution in [0.4, 0.5) is 5.69 Å². The molecule has 122 valence electrons. The zero-order chi connectivity index (χ0) is 16.9. The molecule has 0 aliphatic heterocycles. The summed E-state index contributed by atoms with van der Waals surface area (Å²) in [5.41, 5.74) is 1.81. The molecule has 0 spiro atoms. The summed E-state index contributed by atoms with van der Waals surface area (Å²) in [6.45, 7) is 1.78. The van der Waals surface area contributed by atoms with E-state index in [-0.39, 0.29) is 5.91 Å². The van der Waals surface area contributed by atoms with Gasteiger partial charge in [0.25, 0.3) is 0 Å². The summed E-state index contributed by atoms with van der Waals surface area (Å²) in [4.78, 5) is 17.2. The fourth-order valence-electron chi connectivity index (χ4n) is 2.67. The third-order valence-corrected chi connectivity index (χ3v) is 6.63. The molecular weight excluding hydrogens is 363 g/mol. The van der Waals surface area contributed by atoms with E-state index < -0.39 is 9.75 Å². The largest absolute Gasteiger partial charge is 0.325 e. The van der Waals surface area contributed by atoms with Crippen LogP contribution < -0.4 is 5.32 Å². The van der Waals surface area contributed by atoms with Gasteiger partial charge in [-0.1, -0.05) is 24.3 Å². The zero-order valence-electron chi connectivity index (χ0n) is 12.8. The van der Waals surface area contributed by atoms with E-state index in [1.165, 1.54) is 0 Å². The molecule has 1 fully saturated rings. The summed E-state index contributed by atoms with van der Waals surface area (Å²) >= 11 is 13.8. The summed E-state index contributed by atoms with van der Waals surface area (Å²) in [7, 11) is 0. The number of para-hydroxylation sites is 2. The number of anilines is 1. The number of alkyl halides is 2. The van der Waals surface area contributed by atoms with E-state index in [2.05, 4.69) is 10.3 Å². The Bertz CT molecular complexity index is 920. The standard InChI is InChI=1S/C18H14Cl2N2OS/c1-17(10-18(17,19)20)16(23)22-12-7-3-2-6-11(12)15-21-13-8-4-5-9-14(13)24-15/h2-9H,10H2,1H3,(H,22,23)/t17-/m0/s1. The van der Waals surface area contributed by atoms with Crippen LogP contribution in [0.5, 0.6) is 0 Å². The van der Waals surface area contributed by atoms with E-state index in [1.54, 1.807) is 18.3 Å². The van der Waals surface area contributed by atoms with Gasteiger partial charge in [0, 0.05) is 5.56 Å². The van der Waals surface area contributed by atoms with Crippen molar-refractivity contribution >= 4 is 56.3 Å². The van der Waals surface area contributed by atoms with Crippen LogP contribution >= 0.6 is 34.5 Å². The number of carbonyl (C=O) groups is 1. The van der Waals surface area contributed by atoms with E-state index in [9.17, 15) is 4.79 Å². The molecule has 3 nitrogen and oxygen atoms in total. The van der Waals surface area contributed by atoms with Crippen LogP contribution in [-0.4, -0.2) is 15.2 Å². The number of thiazole rings is 1. The smallest absolute Gasteiger partial charge is 0.233 e. The van der Waals surface area contributed by atoms with Crippen LogP contribution in [0.3, 0.4) is 0 Å². The topological polar surface area (TPSA) is 42.0 Å². The van der Waals surface area contributed by atoms with Crippen molar-refractivity contribution in [1.29, 1.82) is 0 Å². The van der Waals surface area contributed by atoms with Crippen molar-refractivity contribution in [1.82, 2.24) is 4.98 Å². The van der Waals surface area contributed by atoms with Crippen molar-refractivity contribution in [3.63, 3.8) is 0 Å². The molecule has 1 saturated carbocycles. The molecular formula is C18H14Cl2N2OS. The average molecular weight is 377 g/mol. The lowest BCUT2D eigenvalue weighted by molar-refractivity contribution is -0.120. The first-order valence-electron chi connectivity index (χ1n) is 7.55. The SMILES string of the molecule is C[C@@]1(C(=O)Nc2ccccc2-c2nc3ccccc3s2)CC1(Cl)Cl. The van der Waals surface area contributed by atoms with Crippen molar-refractivity contribution in [2.75, 3.05) is 5.32 Å². The van der Waals surface area contributed by atoms with E-state index in [1.807, 2.05) is 48.5 Å². The monoisotopic (exact) mass is 376 g/mol.